The van der Waals surface area contributed by atoms with Crippen LogP contribution in [0.1, 0.15) is 42.6 Å². The third-order valence-electron chi connectivity index (χ3n) is 5.26. The number of amides is 1. The van der Waals surface area contributed by atoms with Gasteiger partial charge in [-0.05, 0) is 48.7 Å². The van der Waals surface area contributed by atoms with Crippen LogP contribution in [0.5, 0.6) is 0 Å². The van der Waals surface area contributed by atoms with Gasteiger partial charge >= 0.3 is 5.97 Å². The molecule has 2 N–H and O–H groups in total. The second-order valence-electron chi connectivity index (χ2n) is 8.00. The van der Waals surface area contributed by atoms with Crippen LogP contribution < -0.4 is 5.32 Å². The Hall–Kier alpha value is -3.93. The van der Waals surface area contributed by atoms with Crippen molar-refractivity contribution in [1.82, 2.24) is 9.97 Å². The summed E-state index contributed by atoms with van der Waals surface area (Å²) in [6, 6.07) is 22.5. The Morgan fingerprint density at radius 2 is 1.66 bits per heavy atom. The number of carbonyl (C=O) groups excluding carboxylic acids is 2. The molecule has 1 atom stereocenters. The molecule has 0 saturated heterocycles. The van der Waals surface area contributed by atoms with E-state index < -0.39 is 12.1 Å². The van der Waals surface area contributed by atoms with Crippen LogP contribution >= 0.6 is 0 Å². The van der Waals surface area contributed by atoms with Crippen LogP contribution in [0.2, 0.25) is 0 Å². The third kappa shape index (κ3) is 4.70. The molecule has 0 spiro atoms. The van der Waals surface area contributed by atoms with Crippen molar-refractivity contribution in [3.8, 4) is 11.4 Å². The van der Waals surface area contributed by atoms with Crippen LogP contribution in [-0.2, 0) is 9.53 Å². The number of hydrogen-bond acceptors (Lipinski definition) is 4. The first kappa shape index (κ1) is 21.3. The summed E-state index contributed by atoms with van der Waals surface area (Å²) in [5.41, 5.74) is 4.62. The number of nitrogens with one attached hydrogen (secondary N) is 2. The maximum absolute atomic E-state index is 12.6. The summed E-state index contributed by atoms with van der Waals surface area (Å²) < 4.78 is 5.39. The van der Waals surface area contributed by atoms with Crippen LogP contribution in [0.25, 0.3) is 22.4 Å². The van der Waals surface area contributed by atoms with E-state index in [9.17, 15) is 9.59 Å². The van der Waals surface area contributed by atoms with Crippen molar-refractivity contribution in [2.75, 3.05) is 5.32 Å². The van der Waals surface area contributed by atoms with E-state index in [1.165, 1.54) is 5.56 Å². The summed E-state index contributed by atoms with van der Waals surface area (Å²) >= 11 is 0. The molecule has 0 saturated carbocycles. The van der Waals surface area contributed by atoms with Crippen molar-refractivity contribution < 1.29 is 14.3 Å². The molecule has 1 aromatic heterocycles. The lowest BCUT2D eigenvalue weighted by Crippen LogP contribution is -2.30. The molecule has 0 aliphatic carbocycles. The number of nitrogens with zero attached hydrogens (tertiary/aromatic N) is 1. The minimum absolute atomic E-state index is 0.349. The Balaban J connectivity index is 1.42. The fourth-order valence-electron chi connectivity index (χ4n) is 3.35. The van der Waals surface area contributed by atoms with Gasteiger partial charge in [0.2, 0.25) is 0 Å². The van der Waals surface area contributed by atoms with Gasteiger partial charge in [-0.2, -0.15) is 0 Å². The summed E-state index contributed by atoms with van der Waals surface area (Å²) in [6.45, 7) is 5.77. The van der Waals surface area contributed by atoms with E-state index in [4.69, 9.17) is 4.74 Å². The van der Waals surface area contributed by atoms with Crippen molar-refractivity contribution in [2.45, 2.75) is 32.8 Å². The summed E-state index contributed by atoms with van der Waals surface area (Å²) in [5, 5.41) is 2.78. The van der Waals surface area contributed by atoms with Gasteiger partial charge in [0.25, 0.3) is 5.91 Å². The van der Waals surface area contributed by atoms with Crippen LogP contribution in [0, 0.1) is 0 Å². The van der Waals surface area contributed by atoms with E-state index in [0.29, 0.717) is 17.2 Å². The Bertz CT molecular complexity index is 1240. The number of carbonyl (C=O) groups is 2. The molecule has 6 heteroatoms. The number of hydrogen-bond donors (Lipinski definition) is 2. The monoisotopic (exact) mass is 427 g/mol. The van der Waals surface area contributed by atoms with E-state index in [2.05, 4.69) is 29.1 Å². The topological polar surface area (TPSA) is 84.1 Å². The number of fused-ring (bicyclic) bond motifs is 1. The maximum Gasteiger partial charge on any atom is 0.338 e. The highest BCUT2D eigenvalue weighted by Gasteiger charge is 2.20. The molecule has 1 heterocycles. The van der Waals surface area contributed by atoms with Gasteiger partial charge in [-0.25, -0.2) is 9.78 Å². The second kappa shape index (κ2) is 9.06. The number of aromatic amines is 1. The van der Waals surface area contributed by atoms with Crippen LogP contribution in [0.4, 0.5) is 5.69 Å². The lowest BCUT2D eigenvalue weighted by Gasteiger charge is -2.14. The number of esters is 1. The third-order valence-corrected chi connectivity index (χ3v) is 5.26. The number of anilines is 1. The van der Waals surface area contributed by atoms with Crippen LogP contribution in [0.3, 0.4) is 0 Å². The van der Waals surface area contributed by atoms with Gasteiger partial charge in [-0.15, -0.1) is 0 Å². The lowest BCUT2D eigenvalue weighted by atomic mass is 10.0. The average Bonchev–Trinajstić information content (AvgIpc) is 3.23. The first-order valence-electron chi connectivity index (χ1n) is 10.6. The largest absolute Gasteiger partial charge is 0.449 e. The van der Waals surface area contributed by atoms with E-state index >= 15 is 0 Å². The molecule has 0 radical (unpaired) electrons. The van der Waals surface area contributed by atoms with Crippen molar-refractivity contribution in [1.29, 1.82) is 0 Å². The van der Waals surface area contributed by atoms with Gasteiger partial charge in [0, 0.05) is 11.3 Å². The lowest BCUT2D eigenvalue weighted by molar-refractivity contribution is -0.123. The predicted octanol–water partition coefficient (Wildman–Crippen LogP) is 5.54. The van der Waals surface area contributed by atoms with Crippen molar-refractivity contribution in [3.63, 3.8) is 0 Å². The van der Waals surface area contributed by atoms with E-state index in [1.807, 2.05) is 54.6 Å². The molecule has 0 aliphatic rings. The first-order chi connectivity index (χ1) is 15.4. The minimum atomic E-state index is -0.940. The molecule has 1 unspecified atom stereocenters. The zero-order valence-corrected chi connectivity index (χ0v) is 18.3. The summed E-state index contributed by atoms with van der Waals surface area (Å²) in [7, 11) is 0. The second-order valence-corrected chi connectivity index (χ2v) is 8.00. The standard InChI is InChI=1S/C26H25N3O3/c1-16(2)18-9-12-21(13-10-18)27-25(30)17(3)32-26(31)20-11-14-22-23(15-20)29-24(28-22)19-7-5-4-6-8-19/h4-17H,1-3H3,(H,27,30)(H,28,29). The van der Waals surface area contributed by atoms with Gasteiger partial charge in [0.1, 0.15) is 5.82 Å². The predicted molar refractivity (Wildman–Crippen MR) is 126 cm³/mol. The van der Waals surface area contributed by atoms with E-state index in [-0.39, 0.29) is 5.91 Å². The van der Waals surface area contributed by atoms with Gasteiger partial charge in [0.05, 0.1) is 16.6 Å². The van der Waals surface area contributed by atoms with Crippen LogP contribution in [-0.4, -0.2) is 27.9 Å². The summed E-state index contributed by atoms with van der Waals surface area (Å²) in [6.07, 6.45) is -0.940. The fourth-order valence-corrected chi connectivity index (χ4v) is 3.35. The highest BCUT2D eigenvalue weighted by Crippen LogP contribution is 2.22. The Labute approximate surface area is 186 Å². The van der Waals surface area contributed by atoms with Gasteiger partial charge < -0.3 is 15.0 Å². The molecule has 4 aromatic rings. The average molecular weight is 428 g/mol. The number of rotatable bonds is 6. The molecule has 4 rings (SSSR count). The molecule has 162 valence electrons. The maximum atomic E-state index is 12.6. The molecule has 0 bridgehead atoms. The number of imidazole rings is 1. The Morgan fingerprint density at radius 1 is 0.938 bits per heavy atom. The zero-order valence-electron chi connectivity index (χ0n) is 18.3. The quantitative estimate of drug-likeness (QED) is 0.396. The molecule has 1 amide bonds. The molecule has 0 fully saturated rings. The first-order valence-corrected chi connectivity index (χ1v) is 10.6. The number of ether oxygens (including phenoxy) is 1. The molecular formula is C26H25N3O3. The van der Waals surface area contributed by atoms with Gasteiger partial charge in [-0.3, -0.25) is 4.79 Å². The molecule has 32 heavy (non-hydrogen) atoms. The molecule has 3 aromatic carbocycles. The Kier molecular flexibility index (Phi) is 6.03. The van der Waals surface area contributed by atoms with Crippen molar-refractivity contribution in [2.24, 2.45) is 0 Å². The van der Waals surface area contributed by atoms with Gasteiger partial charge in [0.15, 0.2) is 6.10 Å². The summed E-state index contributed by atoms with van der Waals surface area (Å²) in [5.74, 6) is 0.183. The Morgan fingerprint density at radius 3 is 2.34 bits per heavy atom. The highest BCUT2D eigenvalue weighted by molar-refractivity contribution is 5.98. The van der Waals surface area contributed by atoms with Crippen molar-refractivity contribution in [3.05, 3.63) is 83.9 Å². The number of benzene rings is 3. The molecule has 0 aliphatic heterocycles. The van der Waals surface area contributed by atoms with E-state index in [0.717, 1.165) is 22.4 Å². The smallest absolute Gasteiger partial charge is 0.338 e. The van der Waals surface area contributed by atoms with Crippen molar-refractivity contribution >= 4 is 28.6 Å². The normalized spacial score (nSPS) is 12.0. The minimum Gasteiger partial charge on any atom is -0.449 e. The SMILES string of the molecule is CC(OC(=O)c1ccc2nc(-c3ccccc3)[nH]c2c1)C(=O)Nc1ccc(C(C)C)cc1. The summed E-state index contributed by atoms with van der Waals surface area (Å²) in [4.78, 5) is 32.9. The van der Waals surface area contributed by atoms with Gasteiger partial charge in [-0.1, -0.05) is 56.3 Å². The molecular weight excluding hydrogens is 402 g/mol. The fraction of sp³-hybridized carbons (Fsp3) is 0.192. The van der Waals surface area contributed by atoms with E-state index in [1.54, 1.807) is 25.1 Å². The number of H-pyrrole nitrogens is 1. The molecule has 6 nitrogen and oxygen atoms in total. The van der Waals surface area contributed by atoms with Crippen LogP contribution in [0.15, 0.2) is 72.8 Å². The zero-order chi connectivity index (χ0) is 22.7. The number of aromatic nitrogens is 2. The highest BCUT2D eigenvalue weighted by atomic mass is 16.5.